The fourth-order valence-electron chi connectivity index (χ4n) is 1.90. The molecule has 0 aliphatic rings. The highest BCUT2D eigenvalue weighted by molar-refractivity contribution is 7.89. The summed E-state index contributed by atoms with van der Waals surface area (Å²) in [5, 5.41) is 9.06. The Balaban J connectivity index is 2.32. The molecule has 0 spiro atoms. The van der Waals surface area contributed by atoms with Crippen molar-refractivity contribution in [2.24, 2.45) is 0 Å². The van der Waals surface area contributed by atoms with E-state index in [1.54, 1.807) is 26.0 Å². The molecule has 0 radical (unpaired) electrons. The number of hydrogen-bond donors (Lipinski definition) is 2. The summed E-state index contributed by atoms with van der Waals surface area (Å²) in [5.74, 6) is -0.687. The lowest BCUT2D eigenvalue weighted by Crippen LogP contribution is -2.27. The molecule has 7 heteroatoms. The predicted molar refractivity (Wildman–Crippen MR) is 75.6 cm³/mol. The normalized spacial score (nSPS) is 13.0. The van der Waals surface area contributed by atoms with Gasteiger partial charge in [0.25, 0.3) is 0 Å². The van der Waals surface area contributed by atoms with Gasteiger partial charge < -0.3 is 9.52 Å². The van der Waals surface area contributed by atoms with Crippen molar-refractivity contribution < 1.29 is 22.7 Å². The number of furan rings is 1. The van der Waals surface area contributed by atoms with E-state index in [2.05, 4.69) is 4.72 Å². The van der Waals surface area contributed by atoms with Crippen LogP contribution in [0.2, 0.25) is 0 Å². The SMILES string of the molecule is Cc1ccc(S(=O)(=O)N[C@H](C)c2ccco2)cc1C(=O)O. The molecule has 1 heterocycles. The van der Waals surface area contributed by atoms with E-state index in [0.29, 0.717) is 11.3 Å². The highest BCUT2D eigenvalue weighted by Crippen LogP contribution is 2.19. The molecule has 0 amide bonds. The molecule has 1 atom stereocenters. The Hall–Kier alpha value is -2.12. The van der Waals surface area contributed by atoms with Crippen LogP contribution in [0, 0.1) is 6.92 Å². The standard InChI is InChI=1S/C14H15NO5S/c1-9-5-6-11(8-12(9)14(16)17)21(18,19)15-10(2)13-4-3-7-20-13/h3-8,10,15H,1-2H3,(H,16,17)/t10-/m1/s1. The first kappa shape index (κ1) is 15.3. The minimum Gasteiger partial charge on any atom is -0.478 e. The molecule has 1 aromatic heterocycles. The molecule has 6 nitrogen and oxygen atoms in total. The van der Waals surface area contributed by atoms with Crippen LogP contribution < -0.4 is 4.72 Å². The van der Waals surface area contributed by atoms with Gasteiger partial charge in [-0.2, -0.15) is 0 Å². The molecule has 0 aliphatic heterocycles. The highest BCUT2D eigenvalue weighted by atomic mass is 32.2. The van der Waals surface area contributed by atoms with Crippen molar-refractivity contribution in [2.75, 3.05) is 0 Å². The Morgan fingerprint density at radius 1 is 1.33 bits per heavy atom. The van der Waals surface area contributed by atoms with Gasteiger partial charge in [0.15, 0.2) is 0 Å². The van der Waals surface area contributed by atoms with E-state index in [-0.39, 0.29) is 10.5 Å². The fraction of sp³-hybridized carbons (Fsp3) is 0.214. The fourth-order valence-corrected chi connectivity index (χ4v) is 3.13. The van der Waals surface area contributed by atoms with Crippen molar-refractivity contribution in [1.82, 2.24) is 4.72 Å². The number of aryl methyl sites for hydroxylation is 1. The minimum atomic E-state index is -3.83. The second-order valence-electron chi connectivity index (χ2n) is 4.64. The summed E-state index contributed by atoms with van der Waals surface area (Å²) >= 11 is 0. The van der Waals surface area contributed by atoms with Gasteiger partial charge >= 0.3 is 5.97 Å². The Labute approximate surface area is 122 Å². The summed E-state index contributed by atoms with van der Waals surface area (Å²) in [7, 11) is -3.83. The molecule has 21 heavy (non-hydrogen) atoms. The first-order valence-electron chi connectivity index (χ1n) is 6.21. The van der Waals surface area contributed by atoms with Crippen LogP contribution in [0.5, 0.6) is 0 Å². The second kappa shape index (κ2) is 5.71. The quantitative estimate of drug-likeness (QED) is 0.883. The predicted octanol–water partition coefficient (Wildman–Crippen LogP) is 2.33. The van der Waals surface area contributed by atoms with Crippen LogP contribution in [0.3, 0.4) is 0 Å². The van der Waals surface area contributed by atoms with E-state index in [1.165, 1.54) is 18.4 Å². The van der Waals surface area contributed by atoms with Crippen LogP contribution in [-0.2, 0) is 10.0 Å². The number of sulfonamides is 1. The van der Waals surface area contributed by atoms with Gasteiger partial charge in [-0.1, -0.05) is 6.07 Å². The van der Waals surface area contributed by atoms with Crippen LogP contribution >= 0.6 is 0 Å². The van der Waals surface area contributed by atoms with E-state index >= 15 is 0 Å². The highest BCUT2D eigenvalue weighted by Gasteiger charge is 2.21. The van der Waals surface area contributed by atoms with E-state index in [0.717, 1.165) is 6.07 Å². The minimum absolute atomic E-state index is 0.0384. The Morgan fingerprint density at radius 2 is 2.05 bits per heavy atom. The lowest BCUT2D eigenvalue weighted by molar-refractivity contribution is 0.0696. The summed E-state index contributed by atoms with van der Waals surface area (Å²) in [6, 6.07) is 6.75. The first-order chi connectivity index (χ1) is 9.81. The van der Waals surface area contributed by atoms with Crippen molar-refractivity contribution in [3.05, 3.63) is 53.5 Å². The number of carboxylic acid groups (broad SMARTS) is 1. The van der Waals surface area contributed by atoms with E-state index < -0.39 is 22.0 Å². The van der Waals surface area contributed by atoms with E-state index in [4.69, 9.17) is 9.52 Å². The number of aromatic carboxylic acids is 1. The van der Waals surface area contributed by atoms with Gasteiger partial charge in [0.05, 0.1) is 22.8 Å². The summed E-state index contributed by atoms with van der Waals surface area (Å²) < 4.78 is 32.1. The lowest BCUT2D eigenvalue weighted by Gasteiger charge is -2.13. The maximum atomic E-state index is 12.3. The number of carboxylic acids is 1. The molecular formula is C14H15NO5S. The summed E-state index contributed by atoms with van der Waals surface area (Å²) in [5.41, 5.74) is 0.462. The van der Waals surface area contributed by atoms with Gasteiger partial charge in [0, 0.05) is 0 Å². The zero-order valence-corrected chi connectivity index (χ0v) is 12.3. The van der Waals surface area contributed by atoms with E-state index in [9.17, 15) is 13.2 Å². The molecule has 112 valence electrons. The largest absolute Gasteiger partial charge is 0.478 e. The zero-order valence-electron chi connectivity index (χ0n) is 11.5. The lowest BCUT2D eigenvalue weighted by atomic mass is 10.1. The molecule has 2 aromatic rings. The number of nitrogens with one attached hydrogen (secondary N) is 1. The molecular weight excluding hydrogens is 294 g/mol. The number of hydrogen-bond acceptors (Lipinski definition) is 4. The molecule has 0 fully saturated rings. The maximum Gasteiger partial charge on any atom is 0.335 e. The molecule has 0 bridgehead atoms. The van der Waals surface area contributed by atoms with Gasteiger partial charge in [-0.25, -0.2) is 17.9 Å². The van der Waals surface area contributed by atoms with Crippen LogP contribution in [0.4, 0.5) is 0 Å². The van der Waals surface area contributed by atoms with Crippen molar-refractivity contribution in [3.63, 3.8) is 0 Å². The van der Waals surface area contributed by atoms with Crippen molar-refractivity contribution in [2.45, 2.75) is 24.8 Å². The maximum absolute atomic E-state index is 12.3. The van der Waals surface area contributed by atoms with Gasteiger partial charge in [0.1, 0.15) is 5.76 Å². The number of benzene rings is 1. The average Bonchev–Trinajstić information content (AvgIpc) is 2.92. The summed E-state index contributed by atoms with van der Waals surface area (Å²) in [6.07, 6.45) is 1.45. The molecule has 2 N–H and O–H groups in total. The molecule has 1 aromatic carbocycles. The van der Waals surface area contributed by atoms with Crippen LogP contribution in [0.1, 0.15) is 34.6 Å². The van der Waals surface area contributed by atoms with Gasteiger partial charge in [0.2, 0.25) is 10.0 Å². The van der Waals surface area contributed by atoms with Gasteiger partial charge in [-0.05, 0) is 43.7 Å². The van der Waals surface area contributed by atoms with Crippen LogP contribution in [-0.4, -0.2) is 19.5 Å². The third-order valence-corrected chi connectivity index (χ3v) is 4.59. The number of rotatable bonds is 5. The second-order valence-corrected chi connectivity index (χ2v) is 6.35. The summed E-state index contributed by atoms with van der Waals surface area (Å²) in [4.78, 5) is 11.0. The molecule has 0 aliphatic carbocycles. The topological polar surface area (TPSA) is 96.6 Å². The summed E-state index contributed by atoms with van der Waals surface area (Å²) in [6.45, 7) is 3.25. The molecule has 0 saturated heterocycles. The van der Waals surface area contributed by atoms with Crippen molar-refractivity contribution in [1.29, 1.82) is 0 Å². The van der Waals surface area contributed by atoms with E-state index in [1.807, 2.05) is 0 Å². The van der Waals surface area contributed by atoms with Gasteiger partial charge in [-0.15, -0.1) is 0 Å². The van der Waals surface area contributed by atoms with Gasteiger partial charge in [-0.3, -0.25) is 0 Å². The average molecular weight is 309 g/mol. The molecule has 2 rings (SSSR count). The van der Waals surface area contributed by atoms with Crippen molar-refractivity contribution >= 4 is 16.0 Å². The number of carbonyl (C=O) groups is 1. The third-order valence-electron chi connectivity index (χ3n) is 3.05. The van der Waals surface area contributed by atoms with Crippen LogP contribution in [0.25, 0.3) is 0 Å². The first-order valence-corrected chi connectivity index (χ1v) is 7.69. The monoisotopic (exact) mass is 309 g/mol. The molecule has 0 unspecified atom stereocenters. The third kappa shape index (κ3) is 3.32. The van der Waals surface area contributed by atoms with Crippen LogP contribution in [0.15, 0.2) is 45.9 Å². The van der Waals surface area contributed by atoms with Crippen molar-refractivity contribution in [3.8, 4) is 0 Å². The smallest absolute Gasteiger partial charge is 0.335 e. The Morgan fingerprint density at radius 3 is 2.62 bits per heavy atom. The Kier molecular flexibility index (Phi) is 4.15. The zero-order chi connectivity index (χ0) is 15.6. The Bertz CT molecular complexity index is 750. The molecule has 0 saturated carbocycles.